The smallest absolute Gasteiger partial charge is 0.261 e. The number of nitrogens with zero attached hydrogens (tertiary/aromatic N) is 4. The van der Waals surface area contributed by atoms with E-state index < -0.39 is 0 Å². The van der Waals surface area contributed by atoms with Crippen molar-refractivity contribution in [2.45, 2.75) is 92.4 Å². The van der Waals surface area contributed by atoms with Gasteiger partial charge in [0.05, 0.1) is 32.3 Å². The van der Waals surface area contributed by atoms with E-state index in [9.17, 15) is 4.79 Å². The van der Waals surface area contributed by atoms with Crippen molar-refractivity contribution < 1.29 is 9.59 Å². The summed E-state index contributed by atoms with van der Waals surface area (Å²) >= 11 is 6.66. The molecule has 0 aliphatic carbocycles. The fourth-order valence-corrected chi connectivity index (χ4v) is 12.2. The Morgan fingerprint density at radius 1 is 0.526 bits per heavy atom. The molecule has 2 aliphatic heterocycles. The molecule has 0 saturated heterocycles. The molecule has 57 heavy (non-hydrogen) atoms. The van der Waals surface area contributed by atoms with Crippen LogP contribution >= 0.6 is 45.3 Å². The molecule has 6 nitrogen and oxygen atoms in total. The maximum atomic E-state index is 15.0. The van der Waals surface area contributed by atoms with Crippen LogP contribution in [0.3, 0.4) is 0 Å². The molecule has 1 unspecified atom stereocenters. The standard InChI is InChI=1S/C47H52N4O2S4/c1-29(2)15-8-6-7-13-23-50-42(44-48-27-38(56-44)36-25-32-18-9-11-20-34(32)54-36)40-41(46(50)52)43(51(47(40)53)24-22-31(5)17-14-16-30(3)4)45-49-28-39(57-45)37-26-33-19-10-12-21-35(33)55-37/h9-12,18-21,25-31H,6-8,13-17,22-24H2,1-5H3. The lowest BCUT2D eigenvalue weighted by Gasteiger charge is -2.24. The maximum Gasteiger partial charge on any atom is 0.261 e. The molecule has 0 fully saturated rings. The van der Waals surface area contributed by atoms with Crippen LogP contribution in [0.2, 0.25) is 0 Å². The summed E-state index contributed by atoms with van der Waals surface area (Å²) in [7, 11) is 0. The molecule has 0 bridgehead atoms. The first-order valence-corrected chi connectivity index (χ1v) is 24.0. The molecule has 296 valence electrons. The molecular weight excluding hydrogens is 781 g/mol. The molecule has 2 aromatic carbocycles. The number of benzene rings is 2. The third-order valence-electron chi connectivity index (χ3n) is 11.2. The minimum atomic E-state index is -0.102. The second-order valence-corrected chi connectivity index (χ2v) is 20.8. The maximum absolute atomic E-state index is 15.0. The van der Waals surface area contributed by atoms with Crippen LogP contribution in [0, 0.1) is 17.8 Å². The first-order chi connectivity index (χ1) is 27.7. The van der Waals surface area contributed by atoms with E-state index in [1.807, 2.05) is 22.2 Å². The van der Waals surface area contributed by atoms with Gasteiger partial charge in [0.25, 0.3) is 11.8 Å². The third-order valence-corrected chi connectivity index (χ3v) is 15.8. The van der Waals surface area contributed by atoms with Gasteiger partial charge in [-0.05, 0) is 65.6 Å². The van der Waals surface area contributed by atoms with Crippen LogP contribution in [-0.4, -0.2) is 44.7 Å². The summed E-state index contributed by atoms with van der Waals surface area (Å²) in [5.74, 6) is 1.61. The summed E-state index contributed by atoms with van der Waals surface area (Å²) in [5, 5.41) is 3.86. The van der Waals surface area contributed by atoms with Gasteiger partial charge in [0.1, 0.15) is 10.0 Å². The van der Waals surface area contributed by atoms with Gasteiger partial charge in [-0.3, -0.25) is 9.59 Å². The van der Waals surface area contributed by atoms with Gasteiger partial charge in [-0.25, -0.2) is 9.97 Å². The topological polar surface area (TPSA) is 66.4 Å². The molecule has 4 aromatic heterocycles. The van der Waals surface area contributed by atoms with Crippen LogP contribution in [0.4, 0.5) is 0 Å². The Kier molecular flexibility index (Phi) is 12.2. The number of thiophene rings is 2. The summed E-state index contributed by atoms with van der Waals surface area (Å²) in [5.41, 5.74) is 2.34. The van der Waals surface area contributed by atoms with E-state index in [1.165, 1.54) is 45.9 Å². The molecule has 6 heterocycles. The van der Waals surface area contributed by atoms with Gasteiger partial charge in [0.15, 0.2) is 0 Å². The number of thiazole rings is 2. The number of hydrogen-bond acceptors (Lipinski definition) is 8. The summed E-state index contributed by atoms with van der Waals surface area (Å²) < 4.78 is 2.46. The SMILES string of the molecule is CC(C)CCCCCCN1C(=O)C2=C(c3ncc(-c4cc5ccccc5s4)s3)N(CCC(C)CCCC(C)C)C(=O)C2=C1c1ncc(-c2cc3ccccc3s2)s1. The van der Waals surface area contributed by atoms with Crippen molar-refractivity contribution in [2.24, 2.45) is 17.8 Å². The summed E-state index contributed by atoms with van der Waals surface area (Å²) in [4.78, 5) is 48.1. The van der Waals surface area contributed by atoms with Crippen LogP contribution in [0.15, 0.2) is 84.2 Å². The second kappa shape index (κ2) is 17.5. The zero-order valence-corrected chi connectivity index (χ0v) is 36.9. The Morgan fingerprint density at radius 3 is 1.54 bits per heavy atom. The predicted molar refractivity (Wildman–Crippen MR) is 244 cm³/mol. The minimum Gasteiger partial charge on any atom is -0.305 e. The Balaban J connectivity index is 1.18. The van der Waals surface area contributed by atoms with Crippen molar-refractivity contribution >= 4 is 88.7 Å². The average Bonchev–Trinajstić information content (AvgIpc) is 4.04. The molecule has 1 atom stereocenters. The molecule has 0 saturated carbocycles. The van der Waals surface area contributed by atoms with E-state index in [4.69, 9.17) is 9.97 Å². The summed E-state index contributed by atoms with van der Waals surface area (Å²) in [6.07, 6.45) is 13.7. The number of aromatic nitrogens is 2. The first kappa shape index (κ1) is 39.8. The molecule has 6 aromatic rings. The lowest BCUT2D eigenvalue weighted by atomic mass is 9.97. The zero-order chi connectivity index (χ0) is 39.6. The molecule has 2 aliphatic rings. The highest BCUT2D eigenvalue weighted by Gasteiger charge is 2.50. The molecule has 10 heteroatoms. The molecule has 0 spiro atoms. The Labute approximate surface area is 353 Å². The largest absolute Gasteiger partial charge is 0.305 e. The number of unbranched alkanes of at least 4 members (excludes halogenated alkanes) is 3. The summed E-state index contributed by atoms with van der Waals surface area (Å²) in [6.45, 7) is 12.5. The van der Waals surface area contributed by atoms with E-state index in [0.717, 1.165) is 61.6 Å². The van der Waals surface area contributed by atoms with Gasteiger partial charge in [-0.1, -0.05) is 116 Å². The van der Waals surface area contributed by atoms with E-state index in [0.29, 0.717) is 53.4 Å². The molecule has 0 radical (unpaired) electrons. The normalized spacial score (nSPS) is 15.3. The van der Waals surface area contributed by atoms with E-state index in [-0.39, 0.29) is 11.8 Å². The zero-order valence-electron chi connectivity index (χ0n) is 33.7. The van der Waals surface area contributed by atoms with Crippen molar-refractivity contribution in [1.29, 1.82) is 0 Å². The second-order valence-electron chi connectivity index (χ2n) is 16.5. The Hall–Kier alpha value is -3.96. The van der Waals surface area contributed by atoms with Gasteiger partial charge in [0, 0.05) is 44.6 Å². The number of carbonyl (C=O) groups is 2. The van der Waals surface area contributed by atoms with Crippen LogP contribution in [0.25, 0.3) is 51.1 Å². The average molecular weight is 833 g/mol. The van der Waals surface area contributed by atoms with E-state index in [1.54, 1.807) is 45.3 Å². The van der Waals surface area contributed by atoms with Crippen LogP contribution < -0.4 is 0 Å². The summed E-state index contributed by atoms with van der Waals surface area (Å²) in [6, 6.07) is 21.3. The molecule has 0 N–H and O–H groups in total. The number of amides is 2. The molecular formula is C47H52N4O2S4. The highest BCUT2D eigenvalue weighted by Crippen LogP contribution is 2.50. The van der Waals surface area contributed by atoms with Gasteiger partial charge in [-0.2, -0.15) is 0 Å². The fourth-order valence-electron chi connectivity index (χ4n) is 8.01. The van der Waals surface area contributed by atoms with Crippen LogP contribution in [-0.2, 0) is 9.59 Å². The van der Waals surface area contributed by atoms with Crippen molar-refractivity contribution in [3.05, 3.63) is 94.2 Å². The van der Waals surface area contributed by atoms with Gasteiger partial charge < -0.3 is 9.80 Å². The van der Waals surface area contributed by atoms with Gasteiger partial charge in [-0.15, -0.1) is 45.3 Å². The van der Waals surface area contributed by atoms with Crippen LogP contribution in [0.5, 0.6) is 0 Å². The fraction of sp³-hybridized carbons (Fsp3) is 0.404. The third kappa shape index (κ3) is 8.47. The Morgan fingerprint density at radius 2 is 1.02 bits per heavy atom. The lowest BCUT2D eigenvalue weighted by Crippen LogP contribution is -2.31. The first-order valence-electron chi connectivity index (χ1n) is 20.7. The Bertz CT molecular complexity index is 2390. The molecule has 8 rings (SSSR count). The number of hydrogen-bond donors (Lipinski definition) is 0. The van der Waals surface area contributed by atoms with E-state index in [2.05, 4.69) is 95.3 Å². The number of carbonyl (C=O) groups excluding carboxylic acids is 2. The molecule has 2 amide bonds. The van der Waals surface area contributed by atoms with E-state index >= 15 is 4.79 Å². The number of fused-ring (bicyclic) bond motifs is 3. The van der Waals surface area contributed by atoms with Gasteiger partial charge in [0.2, 0.25) is 0 Å². The van der Waals surface area contributed by atoms with Crippen molar-refractivity contribution in [3.63, 3.8) is 0 Å². The van der Waals surface area contributed by atoms with Crippen molar-refractivity contribution in [3.8, 4) is 19.5 Å². The predicted octanol–water partition coefficient (Wildman–Crippen LogP) is 13.6. The quantitative estimate of drug-likeness (QED) is 0.0809. The van der Waals surface area contributed by atoms with Gasteiger partial charge >= 0.3 is 0 Å². The number of rotatable bonds is 18. The van der Waals surface area contributed by atoms with Crippen molar-refractivity contribution in [2.75, 3.05) is 13.1 Å². The lowest BCUT2D eigenvalue weighted by molar-refractivity contribution is -0.124. The highest BCUT2D eigenvalue weighted by atomic mass is 32.1. The van der Waals surface area contributed by atoms with Crippen LogP contribution in [0.1, 0.15) is 102 Å². The monoisotopic (exact) mass is 832 g/mol. The highest BCUT2D eigenvalue weighted by molar-refractivity contribution is 7.27. The minimum absolute atomic E-state index is 0.102. The van der Waals surface area contributed by atoms with Crippen molar-refractivity contribution in [1.82, 2.24) is 19.8 Å².